The van der Waals surface area contributed by atoms with Crippen LogP contribution >= 0.6 is 11.3 Å². The second-order valence-corrected chi connectivity index (χ2v) is 5.49. The maximum atomic E-state index is 12.3. The van der Waals surface area contributed by atoms with E-state index >= 15 is 0 Å². The van der Waals surface area contributed by atoms with Crippen LogP contribution in [0.4, 0.5) is 5.13 Å². The quantitative estimate of drug-likeness (QED) is 0.850. The van der Waals surface area contributed by atoms with E-state index in [1.807, 2.05) is 19.2 Å². The van der Waals surface area contributed by atoms with Gasteiger partial charge in [-0.2, -0.15) is 0 Å². The SMILES string of the molecule is CCc1c(C(=O)Nc2nc(C)cs2)[nH]c(C)c1C(C)=O. The second-order valence-electron chi connectivity index (χ2n) is 4.64. The van der Waals surface area contributed by atoms with E-state index in [0.717, 1.165) is 17.0 Å². The number of hydrogen-bond acceptors (Lipinski definition) is 4. The van der Waals surface area contributed by atoms with Gasteiger partial charge in [-0.15, -0.1) is 11.3 Å². The third-order valence-corrected chi connectivity index (χ3v) is 3.94. The van der Waals surface area contributed by atoms with Gasteiger partial charge < -0.3 is 4.98 Å². The standard InChI is InChI=1S/C14H17N3O2S/c1-5-10-11(9(4)18)8(3)16-12(10)13(19)17-14-15-7(2)6-20-14/h6,16H,5H2,1-4H3,(H,15,17,19). The van der Waals surface area contributed by atoms with Crippen LogP contribution in [-0.2, 0) is 6.42 Å². The normalized spacial score (nSPS) is 10.6. The average Bonchev–Trinajstić information content (AvgIpc) is 2.92. The van der Waals surface area contributed by atoms with E-state index in [1.54, 1.807) is 6.92 Å². The molecule has 0 saturated carbocycles. The largest absolute Gasteiger partial charge is 0.354 e. The first-order valence-corrected chi connectivity index (χ1v) is 7.27. The number of aryl methyl sites for hydroxylation is 2. The first-order chi connectivity index (χ1) is 9.43. The Balaban J connectivity index is 2.35. The maximum Gasteiger partial charge on any atom is 0.274 e. The summed E-state index contributed by atoms with van der Waals surface area (Å²) in [5.74, 6) is -0.286. The number of rotatable bonds is 4. The number of thiazole rings is 1. The number of H-pyrrole nitrogens is 1. The number of aromatic amines is 1. The summed E-state index contributed by atoms with van der Waals surface area (Å²) in [6.45, 7) is 7.12. The van der Waals surface area contributed by atoms with E-state index in [1.165, 1.54) is 18.3 Å². The maximum absolute atomic E-state index is 12.3. The van der Waals surface area contributed by atoms with Gasteiger partial charge in [0.05, 0.1) is 5.69 Å². The van der Waals surface area contributed by atoms with Gasteiger partial charge in [-0.25, -0.2) is 4.98 Å². The fourth-order valence-electron chi connectivity index (χ4n) is 2.27. The van der Waals surface area contributed by atoms with Gasteiger partial charge in [-0.1, -0.05) is 6.92 Å². The van der Waals surface area contributed by atoms with Crippen molar-refractivity contribution in [3.05, 3.63) is 33.6 Å². The molecule has 0 fully saturated rings. The van der Waals surface area contributed by atoms with Crippen molar-refractivity contribution < 1.29 is 9.59 Å². The van der Waals surface area contributed by atoms with Gasteiger partial charge in [0.15, 0.2) is 10.9 Å². The highest BCUT2D eigenvalue weighted by Crippen LogP contribution is 2.22. The van der Waals surface area contributed by atoms with Gasteiger partial charge in [0.25, 0.3) is 5.91 Å². The number of carbonyl (C=O) groups excluding carboxylic acids is 2. The molecule has 0 atom stereocenters. The van der Waals surface area contributed by atoms with Gasteiger partial charge in [0.2, 0.25) is 0 Å². The Hall–Kier alpha value is -1.95. The predicted octanol–water partition coefficient (Wildman–Crippen LogP) is 3.11. The zero-order valence-corrected chi connectivity index (χ0v) is 12.8. The number of nitrogens with zero attached hydrogens (tertiary/aromatic N) is 1. The fourth-order valence-corrected chi connectivity index (χ4v) is 2.95. The van der Waals surface area contributed by atoms with Crippen molar-refractivity contribution in [1.82, 2.24) is 9.97 Å². The zero-order valence-electron chi connectivity index (χ0n) is 12.0. The van der Waals surface area contributed by atoms with Crippen LogP contribution in [0.2, 0.25) is 0 Å². The topological polar surface area (TPSA) is 74.8 Å². The molecule has 2 rings (SSSR count). The molecule has 0 radical (unpaired) electrons. The molecule has 0 aliphatic carbocycles. The number of amides is 1. The Kier molecular flexibility index (Phi) is 4.04. The van der Waals surface area contributed by atoms with E-state index in [4.69, 9.17) is 0 Å². The molecule has 20 heavy (non-hydrogen) atoms. The number of nitrogens with one attached hydrogen (secondary N) is 2. The Morgan fingerprint density at radius 2 is 2.10 bits per heavy atom. The van der Waals surface area contributed by atoms with E-state index < -0.39 is 0 Å². The number of ketones is 1. The van der Waals surface area contributed by atoms with Crippen LogP contribution in [0.3, 0.4) is 0 Å². The Labute approximate surface area is 121 Å². The molecule has 1 amide bonds. The molecule has 106 valence electrons. The molecular formula is C14H17N3O2S. The summed E-state index contributed by atoms with van der Waals surface area (Å²) in [5.41, 5.74) is 3.43. The minimum Gasteiger partial charge on any atom is -0.354 e. The highest BCUT2D eigenvalue weighted by atomic mass is 32.1. The zero-order chi connectivity index (χ0) is 14.9. The third-order valence-electron chi connectivity index (χ3n) is 3.06. The first-order valence-electron chi connectivity index (χ1n) is 6.39. The van der Waals surface area contributed by atoms with Crippen LogP contribution in [0, 0.1) is 13.8 Å². The molecule has 5 nitrogen and oxygen atoms in total. The predicted molar refractivity (Wildman–Crippen MR) is 79.7 cm³/mol. The van der Waals surface area contributed by atoms with Crippen LogP contribution in [0.25, 0.3) is 0 Å². The molecule has 0 aromatic carbocycles. The van der Waals surface area contributed by atoms with E-state index in [0.29, 0.717) is 22.8 Å². The fraction of sp³-hybridized carbons (Fsp3) is 0.357. The molecule has 0 aliphatic rings. The molecule has 2 aromatic rings. The summed E-state index contributed by atoms with van der Waals surface area (Å²) in [5, 5.41) is 5.19. The number of hydrogen-bond donors (Lipinski definition) is 2. The summed E-state index contributed by atoms with van der Waals surface area (Å²) in [7, 11) is 0. The monoisotopic (exact) mass is 291 g/mol. The molecule has 0 spiro atoms. The molecule has 2 aromatic heterocycles. The van der Waals surface area contributed by atoms with Crippen LogP contribution < -0.4 is 5.32 Å². The molecule has 2 N–H and O–H groups in total. The summed E-state index contributed by atoms with van der Waals surface area (Å²) >= 11 is 1.38. The van der Waals surface area contributed by atoms with Crippen LogP contribution in [-0.4, -0.2) is 21.7 Å². The first kappa shape index (κ1) is 14.5. The van der Waals surface area contributed by atoms with Gasteiger partial charge >= 0.3 is 0 Å². The smallest absolute Gasteiger partial charge is 0.274 e. The Bertz CT molecular complexity index is 670. The summed E-state index contributed by atoms with van der Waals surface area (Å²) < 4.78 is 0. The van der Waals surface area contributed by atoms with Crippen molar-refractivity contribution in [3.8, 4) is 0 Å². The summed E-state index contributed by atoms with van der Waals surface area (Å²) in [4.78, 5) is 31.2. The van der Waals surface area contributed by atoms with E-state index in [9.17, 15) is 9.59 Å². The number of aromatic nitrogens is 2. The minimum absolute atomic E-state index is 0.0280. The van der Waals surface area contributed by atoms with Crippen LogP contribution in [0.1, 0.15) is 51.6 Å². The van der Waals surface area contributed by atoms with Crippen molar-refractivity contribution in [2.24, 2.45) is 0 Å². The highest BCUT2D eigenvalue weighted by Gasteiger charge is 2.22. The molecule has 0 aliphatic heterocycles. The molecule has 6 heteroatoms. The van der Waals surface area contributed by atoms with E-state index in [2.05, 4.69) is 15.3 Å². The summed E-state index contributed by atoms with van der Waals surface area (Å²) in [6.07, 6.45) is 0.624. The highest BCUT2D eigenvalue weighted by molar-refractivity contribution is 7.13. The van der Waals surface area contributed by atoms with Gasteiger partial charge in [0.1, 0.15) is 5.69 Å². The molecule has 0 saturated heterocycles. The Morgan fingerprint density at radius 1 is 1.40 bits per heavy atom. The van der Waals surface area contributed by atoms with E-state index in [-0.39, 0.29) is 11.7 Å². The number of carbonyl (C=O) groups is 2. The molecule has 2 heterocycles. The lowest BCUT2D eigenvalue weighted by Gasteiger charge is -2.03. The van der Waals surface area contributed by atoms with Gasteiger partial charge in [-0.3, -0.25) is 14.9 Å². The van der Waals surface area contributed by atoms with Crippen molar-refractivity contribution in [3.63, 3.8) is 0 Å². The molecule has 0 unspecified atom stereocenters. The molecule has 0 bridgehead atoms. The van der Waals surface area contributed by atoms with Gasteiger partial charge in [-0.05, 0) is 32.8 Å². The van der Waals surface area contributed by atoms with Crippen LogP contribution in [0.15, 0.2) is 5.38 Å². The van der Waals surface area contributed by atoms with Crippen LogP contribution in [0.5, 0.6) is 0 Å². The average molecular weight is 291 g/mol. The Morgan fingerprint density at radius 3 is 2.60 bits per heavy atom. The lowest BCUT2D eigenvalue weighted by atomic mass is 10.0. The number of anilines is 1. The third kappa shape index (κ3) is 2.65. The lowest BCUT2D eigenvalue weighted by Crippen LogP contribution is -2.14. The van der Waals surface area contributed by atoms with Crippen molar-refractivity contribution in [1.29, 1.82) is 0 Å². The lowest BCUT2D eigenvalue weighted by molar-refractivity contribution is 0.101. The van der Waals surface area contributed by atoms with Crippen molar-refractivity contribution in [2.45, 2.75) is 34.1 Å². The minimum atomic E-state index is -0.258. The van der Waals surface area contributed by atoms with Gasteiger partial charge in [0, 0.05) is 16.6 Å². The second kappa shape index (κ2) is 5.58. The number of Topliss-reactive ketones (excluding diaryl/α,β-unsaturated/α-hetero) is 1. The van der Waals surface area contributed by atoms with Crippen molar-refractivity contribution in [2.75, 3.05) is 5.32 Å². The summed E-state index contributed by atoms with van der Waals surface area (Å²) in [6, 6.07) is 0. The van der Waals surface area contributed by atoms with Crippen molar-refractivity contribution >= 4 is 28.2 Å². The molecular weight excluding hydrogens is 274 g/mol.